The van der Waals surface area contributed by atoms with Crippen molar-refractivity contribution in [3.8, 4) is 23.1 Å². The molecule has 5 amide bonds. The van der Waals surface area contributed by atoms with Gasteiger partial charge >= 0.3 is 12.2 Å². The SMILES string of the molecule is COC(=O)N[C@@H](CC(N)=O)C(=O)N1CCC[C@H]1c1ncc(-c2ccc(C#Cc3ccc4nc([C@@H]5CC6(CC6)CN5C(=O)[C@H](NC(=O)OC)C(C)C)[nH]c4c3)cc2)[nH]1. The molecule has 6 N–H and O–H groups in total. The van der Waals surface area contributed by atoms with Crippen LogP contribution in [0.2, 0.25) is 0 Å². The summed E-state index contributed by atoms with van der Waals surface area (Å²) in [5.74, 6) is 6.40. The highest BCUT2D eigenvalue weighted by atomic mass is 16.5. The molecule has 2 aromatic carbocycles. The van der Waals surface area contributed by atoms with Crippen LogP contribution in [0.1, 0.15) is 87.2 Å². The van der Waals surface area contributed by atoms with Gasteiger partial charge in [-0.25, -0.2) is 19.6 Å². The number of benzene rings is 2. The predicted molar refractivity (Wildman–Crippen MR) is 208 cm³/mol. The van der Waals surface area contributed by atoms with Crippen molar-refractivity contribution in [2.24, 2.45) is 17.1 Å². The number of aromatic nitrogens is 4. The Hall–Kier alpha value is -6.37. The Morgan fingerprint density at radius 1 is 0.912 bits per heavy atom. The Labute approximate surface area is 329 Å². The van der Waals surface area contributed by atoms with Crippen molar-refractivity contribution in [3.05, 3.63) is 71.4 Å². The zero-order chi connectivity index (χ0) is 40.4. The molecule has 0 radical (unpaired) electrons. The smallest absolute Gasteiger partial charge is 0.407 e. The summed E-state index contributed by atoms with van der Waals surface area (Å²) in [6.45, 7) is 4.89. The molecule has 0 unspecified atom stereocenters. The van der Waals surface area contributed by atoms with E-state index in [1.165, 1.54) is 14.2 Å². The molecule has 4 atom stereocenters. The van der Waals surface area contributed by atoms with Crippen LogP contribution in [0.15, 0.2) is 48.7 Å². The number of alkyl carbamates (subject to hydrolysis) is 2. The van der Waals surface area contributed by atoms with Gasteiger partial charge in [-0.2, -0.15) is 0 Å². The number of ether oxygens (including phenoxy) is 2. The monoisotopic (exact) mass is 777 g/mol. The number of imidazole rings is 2. The number of methoxy groups -OCH3 is 2. The molecule has 298 valence electrons. The maximum atomic E-state index is 13.9. The van der Waals surface area contributed by atoms with Gasteiger partial charge in [0, 0.05) is 24.2 Å². The fourth-order valence-electron chi connectivity index (χ4n) is 7.86. The minimum absolute atomic E-state index is 0.0966. The summed E-state index contributed by atoms with van der Waals surface area (Å²) in [6.07, 6.45) is 4.24. The van der Waals surface area contributed by atoms with Crippen LogP contribution in [-0.2, 0) is 23.9 Å². The number of carbonyl (C=O) groups is 5. The standard InChI is InChI=1S/C41H47N9O7/c1-23(2)34(48-40(55)57-4)38(53)50-22-41(15-16-41)20-32(50)36-44-27-14-11-25(18-28(27)45-36)8-7-24-9-12-26(13-10-24)30-21-43-35(46-30)31-6-5-17-49(31)37(52)29(19-33(42)51)47-39(54)56-3/h9-14,18,21,23,29,31-32,34H,5-6,15-17,19-20,22H2,1-4H3,(H2,42,51)(H,43,46)(H,44,45)(H,47,54)(H,48,55)/t29-,31-,32-,34+/m0/s1. The fourth-order valence-corrected chi connectivity index (χ4v) is 7.86. The number of nitrogens with zero attached hydrogens (tertiary/aromatic N) is 4. The highest BCUT2D eigenvalue weighted by molar-refractivity contribution is 5.91. The summed E-state index contributed by atoms with van der Waals surface area (Å²) in [5, 5.41) is 5.15. The number of aromatic amines is 2. The van der Waals surface area contributed by atoms with Crippen molar-refractivity contribution in [1.29, 1.82) is 0 Å². The number of nitrogens with one attached hydrogen (secondary N) is 4. The summed E-state index contributed by atoms with van der Waals surface area (Å²) in [7, 11) is 2.47. The van der Waals surface area contributed by atoms with E-state index in [2.05, 4.69) is 42.2 Å². The maximum absolute atomic E-state index is 13.9. The van der Waals surface area contributed by atoms with E-state index in [1.54, 1.807) is 11.1 Å². The molecule has 2 aromatic heterocycles. The molecule has 16 heteroatoms. The number of primary amides is 1. The maximum Gasteiger partial charge on any atom is 0.407 e. The summed E-state index contributed by atoms with van der Waals surface area (Å²) in [4.78, 5) is 82.6. The van der Waals surface area contributed by atoms with Crippen molar-refractivity contribution in [1.82, 2.24) is 40.4 Å². The number of amides is 5. The number of likely N-dealkylation sites (tertiary alicyclic amines) is 2. The summed E-state index contributed by atoms with van der Waals surface area (Å²) in [5.41, 5.74) is 10.3. The first-order valence-corrected chi connectivity index (χ1v) is 19.1. The molecule has 1 aliphatic carbocycles. The summed E-state index contributed by atoms with van der Waals surface area (Å²) in [6, 6.07) is 11.1. The fraction of sp³-hybridized carbons (Fsp3) is 0.439. The third-order valence-electron chi connectivity index (χ3n) is 11.1. The molecular weight excluding hydrogens is 731 g/mol. The average Bonchev–Trinajstić information content (AvgIpc) is 3.69. The van der Waals surface area contributed by atoms with Crippen molar-refractivity contribution >= 4 is 40.9 Å². The first-order valence-electron chi connectivity index (χ1n) is 19.1. The van der Waals surface area contributed by atoms with Gasteiger partial charge in [0.05, 0.1) is 55.6 Å². The molecule has 4 aromatic rings. The van der Waals surface area contributed by atoms with Crippen molar-refractivity contribution < 1.29 is 33.4 Å². The Balaban J connectivity index is 1.03. The third kappa shape index (κ3) is 8.42. The molecule has 57 heavy (non-hydrogen) atoms. The van der Waals surface area contributed by atoms with Crippen LogP contribution in [0.3, 0.4) is 0 Å². The van der Waals surface area contributed by atoms with Crippen LogP contribution >= 0.6 is 0 Å². The number of nitrogens with two attached hydrogens (primary N) is 1. The van der Waals surface area contributed by atoms with Gasteiger partial charge in [0.15, 0.2) is 0 Å². The third-order valence-corrected chi connectivity index (χ3v) is 11.1. The first kappa shape index (κ1) is 38.9. The van der Waals surface area contributed by atoms with Crippen molar-refractivity contribution in [3.63, 3.8) is 0 Å². The lowest BCUT2D eigenvalue weighted by Gasteiger charge is -2.30. The van der Waals surface area contributed by atoms with Crippen LogP contribution in [0.5, 0.6) is 0 Å². The number of hydrogen-bond donors (Lipinski definition) is 5. The largest absolute Gasteiger partial charge is 0.453 e. The highest BCUT2D eigenvalue weighted by Gasteiger charge is 2.55. The molecule has 1 saturated carbocycles. The van der Waals surface area contributed by atoms with Crippen LogP contribution in [0, 0.1) is 23.2 Å². The number of H-pyrrole nitrogens is 2. The molecule has 2 saturated heterocycles. The van der Waals surface area contributed by atoms with E-state index in [9.17, 15) is 24.0 Å². The van der Waals surface area contributed by atoms with Crippen LogP contribution < -0.4 is 16.4 Å². The van der Waals surface area contributed by atoms with Gasteiger partial charge < -0.3 is 45.6 Å². The molecule has 3 fully saturated rings. The second-order valence-corrected chi connectivity index (χ2v) is 15.5. The second kappa shape index (κ2) is 16.0. The van der Waals surface area contributed by atoms with E-state index in [1.807, 2.05) is 61.2 Å². The molecule has 16 nitrogen and oxygen atoms in total. The van der Waals surface area contributed by atoms with Crippen LogP contribution in [0.4, 0.5) is 9.59 Å². The lowest BCUT2D eigenvalue weighted by Crippen LogP contribution is -2.51. The Morgan fingerprint density at radius 3 is 2.30 bits per heavy atom. The van der Waals surface area contributed by atoms with E-state index in [0.29, 0.717) is 25.3 Å². The van der Waals surface area contributed by atoms with Crippen molar-refractivity contribution in [2.45, 2.75) is 76.5 Å². The normalized spacial score (nSPS) is 19.2. The average molecular weight is 778 g/mol. The number of rotatable bonds is 10. The molecule has 2 aliphatic heterocycles. The topological polar surface area (TPSA) is 218 Å². The number of fused-ring (bicyclic) bond motifs is 1. The minimum Gasteiger partial charge on any atom is -0.453 e. The Morgan fingerprint density at radius 2 is 1.61 bits per heavy atom. The van der Waals surface area contributed by atoms with E-state index >= 15 is 0 Å². The van der Waals surface area contributed by atoms with E-state index < -0.39 is 36.1 Å². The Bertz CT molecular complexity index is 2250. The number of carbonyl (C=O) groups excluding carboxylic acids is 5. The van der Waals surface area contributed by atoms with E-state index in [-0.39, 0.29) is 35.7 Å². The molecule has 7 rings (SSSR count). The molecule has 3 aliphatic rings. The van der Waals surface area contributed by atoms with Crippen LogP contribution in [0.25, 0.3) is 22.3 Å². The predicted octanol–water partition coefficient (Wildman–Crippen LogP) is 4.05. The molecule has 1 spiro atoms. The Kier molecular flexibility index (Phi) is 10.9. The lowest BCUT2D eigenvalue weighted by atomic mass is 10.0. The van der Waals surface area contributed by atoms with Gasteiger partial charge in [0.25, 0.3) is 0 Å². The van der Waals surface area contributed by atoms with Crippen LogP contribution in [-0.4, -0.2) is 99.0 Å². The van der Waals surface area contributed by atoms with Gasteiger partial charge in [-0.15, -0.1) is 0 Å². The zero-order valence-electron chi connectivity index (χ0n) is 32.4. The van der Waals surface area contributed by atoms with Gasteiger partial charge in [-0.1, -0.05) is 37.8 Å². The molecule has 0 bridgehead atoms. The first-order chi connectivity index (χ1) is 27.4. The lowest BCUT2D eigenvalue weighted by molar-refractivity contribution is -0.136. The quantitative estimate of drug-likeness (QED) is 0.147. The zero-order valence-corrected chi connectivity index (χ0v) is 32.4. The highest BCUT2D eigenvalue weighted by Crippen LogP contribution is 2.58. The van der Waals surface area contributed by atoms with E-state index in [4.69, 9.17) is 15.5 Å². The van der Waals surface area contributed by atoms with E-state index in [0.717, 1.165) is 64.9 Å². The minimum atomic E-state index is -1.14. The molecular formula is C41H47N9O7. The second-order valence-electron chi connectivity index (χ2n) is 15.5. The van der Waals surface area contributed by atoms with Gasteiger partial charge in [-0.3, -0.25) is 14.4 Å². The summed E-state index contributed by atoms with van der Waals surface area (Å²) < 4.78 is 9.42. The molecule has 4 heterocycles. The summed E-state index contributed by atoms with van der Waals surface area (Å²) >= 11 is 0. The van der Waals surface area contributed by atoms with Gasteiger partial charge in [0.1, 0.15) is 23.7 Å². The number of hydrogen-bond acceptors (Lipinski definition) is 9. The van der Waals surface area contributed by atoms with Crippen molar-refractivity contribution in [2.75, 3.05) is 27.3 Å². The van der Waals surface area contributed by atoms with Gasteiger partial charge in [0.2, 0.25) is 17.7 Å². The van der Waals surface area contributed by atoms with Gasteiger partial charge in [-0.05, 0) is 79.3 Å².